The third kappa shape index (κ3) is 3.12. The highest BCUT2D eigenvalue weighted by atomic mass is 32.2. The summed E-state index contributed by atoms with van der Waals surface area (Å²) < 4.78 is 40.7. The molecule has 1 atom stereocenters. The molecule has 0 spiro atoms. The molecule has 1 heterocycles. The molecule has 1 aliphatic carbocycles. The molecule has 21 heavy (non-hydrogen) atoms. The van der Waals surface area contributed by atoms with E-state index in [9.17, 15) is 12.8 Å². The third-order valence-corrected chi connectivity index (χ3v) is 6.32. The molecule has 1 saturated carbocycles. The van der Waals surface area contributed by atoms with Gasteiger partial charge in [0.05, 0.1) is 4.90 Å². The smallest absolute Gasteiger partial charge is 0.243 e. The van der Waals surface area contributed by atoms with Crippen LogP contribution in [0.5, 0.6) is 0 Å². The predicted molar refractivity (Wildman–Crippen MR) is 79.1 cm³/mol. The molecule has 0 radical (unpaired) electrons. The first-order valence-corrected chi connectivity index (χ1v) is 8.94. The summed E-state index contributed by atoms with van der Waals surface area (Å²) in [6.07, 6.45) is 3.96. The Balaban J connectivity index is 1.89. The Labute approximate surface area is 125 Å². The van der Waals surface area contributed by atoms with Crippen LogP contribution in [0.4, 0.5) is 4.39 Å². The van der Waals surface area contributed by atoms with E-state index >= 15 is 0 Å². The van der Waals surface area contributed by atoms with E-state index in [4.69, 9.17) is 0 Å². The van der Waals surface area contributed by atoms with Gasteiger partial charge in [0.1, 0.15) is 5.82 Å². The van der Waals surface area contributed by atoms with E-state index in [0.717, 1.165) is 32.2 Å². The number of halogens is 1. The maximum Gasteiger partial charge on any atom is 0.243 e. The molecule has 0 amide bonds. The highest BCUT2D eigenvalue weighted by Crippen LogP contribution is 2.33. The molecule has 2 aliphatic rings. The van der Waals surface area contributed by atoms with E-state index in [1.807, 2.05) is 0 Å². The largest absolute Gasteiger partial charge is 0.313 e. The van der Waals surface area contributed by atoms with Crippen LogP contribution in [0, 0.1) is 12.7 Å². The average molecular weight is 312 g/mol. The maximum atomic E-state index is 13.2. The first kappa shape index (κ1) is 14.9. The van der Waals surface area contributed by atoms with Crippen molar-refractivity contribution in [1.82, 2.24) is 9.62 Å². The molecule has 6 heteroatoms. The topological polar surface area (TPSA) is 49.4 Å². The normalized spacial score (nSPS) is 22.9. The molecule has 0 bridgehead atoms. The first-order valence-electron chi connectivity index (χ1n) is 7.50. The number of sulfonamides is 1. The fourth-order valence-corrected chi connectivity index (χ4v) is 4.90. The number of aryl methyl sites for hydroxylation is 1. The Kier molecular flexibility index (Phi) is 4.03. The molecule has 1 aromatic carbocycles. The van der Waals surface area contributed by atoms with Gasteiger partial charge >= 0.3 is 0 Å². The first-order chi connectivity index (χ1) is 9.98. The van der Waals surface area contributed by atoms with Crippen molar-refractivity contribution in [2.24, 2.45) is 0 Å². The van der Waals surface area contributed by atoms with Crippen molar-refractivity contribution < 1.29 is 12.8 Å². The molecular formula is C15H21FN2O2S. The molecule has 1 saturated heterocycles. The second kappa shape index (κ2) is 5.66. The number of rotatable bonds is 5. The predicted octanol–water partition coefficient (Wildman–Crippen LogP) is 2.04. The van der Waals surface area contributed by atoms with Gasteiger partial charge in [0.2, 0.25) is 10.0 Å². The quantitative estimate of drug-likeness (QED) is 0.905. The van der Waals surface area contributed by atoms with Gasteiger partial charge in [0.15, 0.2) is 0 Å². The van der Waals surface area contributed by atoms with E-state index in [2.05, 4.69) is 5.32 Å². The molecule has 3 rings (SSSR count). The van der Waals surface area contributed by atoms with Crippen LogP contribution in [-0.4, -0.2) is 37.9 Å². The summed E-state index contributed by atoms with van der Waals surface area (Å²) in [6, 6.07) is 4.24. The lowest BCUT2D eigenvalue weighted by Gasteiger charge is -2.25. The monoisotopic (exact) mass is 312 g/mol. The van der Waals surface area contributed by atoms with Crippen molar-refractivity contribution in [1.29, 1.82) is 0 Å². The molecule has 116 valence electrons. The van der Waals surface area contributed by atoms with Crippen LogP contribution < -0.4 is 5.32 Å². The van der Waals surface area contributed by atoms with Crippen LogP contribution >= 0.6 is 0 Å². The minimum Gasteiger partial charge on any atom is -0.313 e. The molecule has 0 aromatic heterocycles. The standard InChI is InChI=1S/C15H21FN2O2S/c1-11-9-12(16)4-7-15(11)21(19,20)18(14-5-6-14)10-13-3-2-8-17-13/h4,7,9,13-14,17H,2-3,5-6,8,10H2,1H3. The summed E-state index contributed by atoms with van der Waals surface area (Å²) in [6.45, 7) is 3.12. The number of nitrogens with zero attached hydrogens (tertiary/aromatic N) is 1. The SMILES string of the molecule is Cc1cc(F)ccc1S(=O)(=O)N(CC1CCCN1)C1CC1. The van der Waals surface area contributed by atoms with Crippen molar-refractivity contribution in [3.8, 4) is 0 Å². The second-order valence-electron chi connectivity index (χ2n) is 6.01. The van der Waals surface area contributed by atoms with Gasteiger partial charge in [-0.1, -0.05) is 0 Å². The van der Waals surface area contributed by atoms with Crippen molar-refractivity contribution in [2.45, 2.75) is 49.6 Å². The minimum absolute atomic E-state index is 0.113. The number of nitrogens with one attached hydrogen (secondary N) is 1. The highest BCUT2D eigenvalue weighted by Gasteiger charge is 2.40. The van der Waals surface area contributed by atoms with Crippen molar-refractivity contribution in [3.63, 3.8) is 0 Å². The second-order valence-corrected chi connectivity index (χ2v) is 7.87. The summed E-state index contributed by atoms with van der Waals surface area (Å²) in [5.74, 6) is -0.401. The van der Waals surface area contributed by atoms with Crippen molar-refractivity contribution in [3.05, 3.63) is 29.6 Å². The van der Waals surface area contributed by atoms with E-state index < -0.39 is 15.8 Å². The molecule has 1 N–H and O–H groups in total. The van der Waals surface area contributed by atoms with Crippen molar-refractivity contribution >= 4 is 10.0 Å². The zero-order valence-electron chi connectivity index (χ0n) is 12.2. The van der Waals surface area contributed by atoms with Gasteiger partial charge in [0.25, 0.3) is 0 Å². The van der Waals surface area contributed by atoms with Gasteiger partial charge in [-0.05, 0) is 62.9 Å². The van der Waals surface area contributed by atoms with Gasteiger partial charge in [-0.25, -0.2) is 12.8 Å². The van der Waals surface area contributed by atoms with E-state index in [1.165, 1.54) is 18.2 Å². The van der Waals surface area contributed by atoms with Crippen LogP contribution in [0.15, 0.2) is 23.1 Å². The molecule has 1 aromatic rings. The minimum atomic E-state index is -3.55. The van der Waals surface area contributed by atoms with E-state index in [1.54, 1.807) is 11.2 Å². The van der Waals surface area contributed by atoms with Crippen LogP contribution in [-0.2, 0) is 10.0 Å². The molecule has 1 unspecified atom stereocenters. The highest BCUT2D eigenvalue weighted by molar-refractivity contribution is 7.89. The number of hydrogen-bond donors (Lipinski definition) is 1. The summed E-state index contributed by atoms with van der Waals surface area (Å²) >= 11 is 0. The van der Waals surface area contributed by atoms with Gasteiger partial charge in [-0.2, -0.15) is 4.31 Å². The molecule has 2 fully saturated rings. The van der Waals surface area contributed by atoms with Gasteiger partial charge in [-0.15, -0.1) is 0 Å². The van der Waals surface area contributed by atoms with Crippen LogP contribution in [0.1, 0.15) is 31.2 Å². The summed E-state index contributed by atoms with van der Waals surface area (Å²) in [7, 11) is -3.55. The van der Waals surface area contributed by atoms with Gasteiger partial charge in [-0.3, -0.25) is 0 Å². The Bertz CT molecular complexity index is 623. The summed E-state index contributed by atoms with van der Waals surface area (Å²) in [5, 5.41) is 3.35. The fraction of sp³-hybridized carbons (Fsp3) is 0.600. The Morgan fingerprint density at radius 3 is 2.67 bits per heavy atom. The maximum absolute atomic E-state index is 13.2. The summed E-state index contributed by atoms with van der Waals surface area (Å²) in [5.41, 5.74) is 0.472. The van der Waals surface area contributed by atoms with Gasteiger partial charge < -0.3 is 5.32 Å². The Morgan fingerprint density at radius 1 is 1.33 bits per heavy atom. The zero-order valence-corrected chi connectivity index (χ0v) is 13.0. The molecular weight excluding hydrogens is 291 g/mol. The molecule has 1 aliphatic heterocycles. The van der Waals surface area contributed by atoms with Crippen LogP contribution in [0.2, 0.25) is 0 Å². The zero-order chi connectivity index (χ0) is 15.0. The number of hydrogen-bond acceptors (Lipinski definition) is 3. The Morgan fingerprint density at radius 2 is 2.10 bits per heavy atom. The lowest BCUT2D eigenvalue weighted by Crippen LogP contribution is -2.42. The van der Waals surface area contributed by atoms with Crippen LogP contribution in [0.25, 0.3) is 0 Å². The fourth-order valence-electron chi connectivity index (χ4n) is 2.96. The van der Waals surface area contributed by atoms with Gasteiger partial charge in [0, 0.05) is 18.6 Å². The van der Waals surface area contributed by atoms with E-state index in [-0.39, 0.29) is 17.0 Å². The lowest BCUT2D eigenvalue weighted by atomic mass is 10.2. The summed E-state index contributed by atoms with van der Waals surface area (Å²) in [4.78, 5) is 0.230. The lowest BCUT2D eigenvalue weighted by molar-refractivity contribution is 0.362. The van der Waals surface area contributed by atoms with Crippen LogP contribution in [0.3, 0.4) is 0 Å². The third-order valence-electron chi connectivity index (χ3n) is 4.24. The Hall–Kier alpha value is -0.980. The number of benzene rings is 1. The average Bonchev–Trinajstić information content (AvgIpc) is 3.11. The molecule has 4 nitrogen and oxygen atoms in total. The van der Waals surface area contributed by atoms with Crippen molar-refractivity contribution in [2.75, 3.05) is 13.1 Å². The van der Waals surface area contributed by atoms with E-state index in [0.29, 0.717) is 12.1 Å².